The standard InChI is InChI=1S/C17H28N2O/c1-6-18-17-15-11-14(20-5)9-8-13(15)10-16(17)19(7-2)12(3)4/h8-9,11-12,16-18H,6-7,10H2,1-5H3. The van der Waals surface area contributed by atoms with Gasteiger partial charge in [0.05, 0.1) is 7.11 Å². The number of nitrogens with zero attached hydrogens (tertiary/aromatic N) is 1. The van der Waals surface area contributed by atoms with Crippen LogP contribution in [0.25, 0.3) is 0 Å². The van der Waals surface area contributed by atoms with Crippen molar-refractivity contribution in [2.24, 2.45) is 0 Å². The third-order valence-electron chi connectivity index (χ3n) is 4.38. The number of likely N-dealkylation sites (N-methyl/N-ethyl adjacent to an activating group) is 2. The Labute approximate surface area is 123 Å². The molecule has 20 heavy (non-hydrogen) atoms. The third kappa shape index (κ3) is 2.84. The fraction of sp³-hybridized carbons (Fsp3) is 0.647. The molecule has 1 aliphatic rings. The Balaban J connectivity index is 2.33. The van der Waals surface area contributed by atoms with Gasteiger partial charge in [-0.3, -0.25) is 4.90 Å². The zero-order chi connectivity index (χ0) is 14.7. The summed E-state index contributed by atoms with van der Waals surface area (Å²) in [7, 11) is 1.74. The summed E-state index contributed by atoms with van der Waals surface area (Å²) in [5.41, 5.74) is 2.87. The van der Waals surface area contributed by atoms with Crippen LogP contribution in [0.1, 0.15) is 44.9 Å². The molecule has 3 heteroatoms. The molecule has 0 radical (unpaired) electrons. The molecule has 3 nitrogen and oxygen atoms in total. The first-order valence-electron chi connectivity index (χ1n) is 7.78. The van der Waals surface area contributed by atoms with Gasteiger partial charge in [-0.2, -0.15) is 0 Å². The Hall–Kier alpha value is -1.06. The van der Waals surface area contributed by atoms with E-state index in [1.807, 2.05) is 0 Å². The molecular weight excluding hydrogens is 248 g/mol. The summed E-state index contributed by atoms with van der Waals surface area (Å²) in [5.74, 6) is 0.958. The van der Waals surface area contributed by atoms with Crippen LogP contribution in [0.5, 0.6) is 5.75 Å². The maximum absolute atomic E-state index is 5.39. The van der Waals surface area contributed by atoms with Gasteiger partial charge in [0.15, 0.2) is 0 Å². The molecule has 0 aliphatic heterocycles. The van der Waals surface area contributed by atoms with E-state index in [4.69, 9.17) is 4.74 Å². The number of hydrogen-bond donors (Lipinski definition) is 1. The summed E-state index contributed by atoms with van der Waals surface area (Å²) >= 11 is 0. The van der Waals surface area contributed by atoms with Gasteiger partial charge in [-0.1, -0.05) is 19.9 Å². The molecule has 0 bridgehead atoms. The van der Waals surface area contributed by atoms with E-state index in [9.17, 15) is 0 Å². The second-order valence-electron chi connectivity index (χ2n) is 5.80. The molecule has 0 saturated heterocycles. The lowest BCUT2D eigenvalue weighted by molar-refractivity contribution is 0.137. The van der Waals surface area contributed by atoms with Crippen molar-refractivity contribution in [3.8, 4) is 5.75 Å². The number of benzene rings is 1. The SMILES string of the molecule is CCNC1c2cc(OC)ccc2CC1N(CC)C(C)C. The monoisotopic (exact) mass is 276 g/mol. The van der Waals surface area contributed by atoms with Gasteiger partial charge in [-0.25, -0.2) is 0 Å². The van der Waals surface area contributed by atoms with E-state index in [-0.39, 0.29) is 0 Å². The molecule has 0 saturated carbocycles. The zero-order valence-electron chi connectivity index (χ0n) is 13.4. The molecular formula is C17H28N2O. The minimum atomic E-state index is 0.410. The van der Waals surface area contributed by atoms with Gasteiger partial charge in [0, 0.05) is 18.1 Å². The Bertz CT molecular complexity index is 445. The molecule has 2 rings (SSSR count). The predicted molar refractivity (Wildman–Crippen MR) is 84.4 cm³/mol. The number of hydrogen-bond acceptors (Lipinski definition) is 3. The van der Waals surface area contributed by atoms with Crippen LogP contribution in [-0.4, -0.2) is 37.2 Å². The van der Waals surface area contributed by atoms with Gasteiger partial charge >= 0.3 is 0 Å². The maximum Gasteiger partial charge on any atom is 0.119 e. The van der Waals surface area contributed by atoms with Crippen molar-refractivity contribution in [1.29, 1.82) is 0 Å². The van der Waals surface area contributed by atoms with Crippen LogP contribution in [0.2, 0.25) is 0 Å². The van der Waals surface area contributed by atoms with E-state index in [0.29, 0.717) is 18.1 Å². The lowest BCUT2D eigenvalue weighted by atomic mass is 10.0. The number of ether oxygens (including phenoxy) is 1. The van der Waals surface area contributed by atoms with Crippen molar-refractivity contribution in [2.45, 2.75) is 52.2 Å². The van der Waals surface area contributed by atoms with E-state index in [0.717, 1.165) is 25.3 Å². The second-order valence-corrected chi connectivity index (χ2v) is 5.80. The van der Waals surface area contributed by atoms with Crippen molar-refractivity contribution in [2.75, 3.05) is 20.2 Å². The lowest BCUT2D eigenvalue weighted by Crippen LogP contribution is -2.46. The lowest BCUT2D eigenvalue weighted by Gasteiger charge is -2.35. The van der Waals surface area contributed by atoms with E-state index >= 15 is 0 Å². The van der Waals surface area contributed by atoms with E-state index in [1.54, 1.807) is 7.11 Å². The van der Waals surface area contributed by atoms with Crippen molar-refractivity contribution >= 4 is 0 Å². The highest BCUT2D eigenvalue weighted by Gasteiger charge is 2.36. The molecule has 1 aromatic rings. The normalized spacial score (nSPS) is 21.6. The maximum atomic E-state index is 5.39. The molecule has 0 amide bonds. The van der Waals surface area contributed by atoms with Crippen LogP contribution < -0.4 is 10.1 Å². The van der Waals surface area contributed by atoms with Gasteiger partial charge in [-0.05, 0) is 56.6 Å². The van der Waals surface area contributed by atoms with E-state index in [2.05, 4.69) is 56.1 Å². The summed E-state index contributed by atoms with van der Waals surface area (Å²) < 4.78 is 5.39. The Morgan fingerprint density at radius 2 is 2.10 bits per heavy atom. The van der Waals surface area contributed by atoms with Crippen LogP contribution in [0, 0.1) is 0 Å². The van der Waals surface area contributed by atoms with Crippen molar-refractivity contribution in [3.05, 3.63) is 29.3 Å². The summed E-state index contributed by atoms with van der Waals surface area (Å²) in [6.07, 6.45) is 1.13. The highest BCUT2D eigenvalue weighted by Crippen LogP contribution is 2.37. The van der Waals surface area contributed by atoms with Gasteiger partial charge < -0.3 is 10.1 Å². The highest BCUT2D eigenvalue weighted by atomic mass is 16.5. The topological polar surface area (TPSA) is 24.5 Å². The predicted octanol–water partition coefficient (Wildman–Crippen LogP) is 3.00. The smallest absolute Gasteiger partial charge is 0.119 e. The molecule has 0 spiro atoms. The number of rotatable bonds is 6. The average Bonchev–Trinajstić information content (AvgIpc) is 2.78. The van der Waals surface area contributed by atoms with Gasteiger partial charge in [-0.15, -0.1) is 0 Å². The van der Waals surface area contributed by atoms with Crippen molar-refractivity contribution < 1.29 is 4.74 Å². The average molecular weight is 276 g/mol. The Morgan fingerprint density at radius 3 is 2.65 bits per heavy atom. The number of methoxy groups -OCH3 is 1. The molecule has 0 heterocycles. The second kappa shape index (κ2) is 6.59. The summed E-state index contributed by atoms with van der Waals surface area (Å²) in [4.78, 5) is 2.60. The van der Waals surface area contributed by atoms with Crippen LogP contribution in [-0.2, 0) is 6.42 Å². The first-order valence-corrected chi connectivity index (χ1v) is 7.78. The molecule has 2 atom stereocenters. The Kier molecular flexibility index (Phi) is 5.06. The molecule has 1 aliphatic carbocycles. The molecule has 0 fully saturated rings. The van der Waals surface area contributed by atoms with Crippen molar-refractivity contribution in [1.82, 2.24) is 10.2 Å². The highest BCUT2D eigenvalue weighted by molar-refractivity contribution is 5.43. The van der Waals surface area contributed by atoms with Crippen LogP contribution in [0.4, 0.5) is 0 Å². The summed E-state index contributed by atoms with van der Waals surface area (Å²) in [6, 6.07) is 8.04. The van der Waals surface area contributed by atoms with Gasteiger partial charge in [0.25, 0.3) is 0 Å². The fourth-order valence-corrected chi connectivity index (χ4v) is 3.48. The van der Waals surface area contributed by atoms with E-state index in [1.165, 1.54) is 11.1 Å². The van der Waals surface area contributed by atoms with Crippen LogP contribution in [0.15, 0.2) is 18.2 Å². The van der Waals surface area contributed by atoms with Crippen molar-refractivity contribution in [3.63, 3.8) is 0 Å². The quantitative estimate of drug-likeness (QED) is 0.864. The summed E-state index contributed by atoms with van der Waals surface area (Å²) in [5, 5.41) is 3.67. The minimum absolute atomic E-state index is 0.410. The largest absolute Gasteiger partial charge is 0.497 e. The summed E-state index contributed by atoms with van der Waals surface area (Å²) in [6.45, 7) is 11.1. The Morgan fingerprint density at radius 1 is 1.35 bits per heavy atom. The van der Waals surface area contributed by atoms with Gasteiger partial charge in [0.1, 0.15) is 5.75 Å². The first kappa shape index (κ1) is 15.3. The van der Waals surface area contributed by atoms with Crippen LogP contribution >= 0.6 is 0 Å². The molecule has 1 N–H and O–H groups in total. The van der Waals surface area contributed by atoms with E-state index < -0.39 is 0 Å². The van der Waals surface area contributed by atoms with Gasteiger partial charge in [0.2, 0.25) is 0 Å². The zero-order valence-corrected chi connectivity index (χ0v) is 13.4. The van der Waals surface area contributed by atoms with Crippen LogP contribution in [0.3, 0.4) is 0 Å². The molecule has 2 unspecified atom stereocenters. The molecule has 1 aromatic carbocycles. The minimum Gasteiger partial charge on any atom is -0.497 e. The molecule has 0 aromatic heterocycles. The molecule has 112 valence electrons. The third-order valence-corrected chi connectivity index (χ3v) is 4.38. The number of nitrogens with one attached hydrogen (secondary N) is 1. The number of fused-ring (bicyclic) bond motifs is 1. The first-order chi connectivity index (χ1) is 9.62. The fourth-order valence-electron chi connectivity index (χ4n) is 3.48.